The Hall–Kier alpha value is -6.43. The fourth-order valence-corrected chi connectivity index (χ4v) is 6.85. The van der Waals surface area contributed by atoms with Crippen LogP contribution in [-0.2, 0) is 69.3 Å². The highest BCUT2D eigenvalue weighted by atomic mass is 32.2. The van der Waals surface area contributed by atoms with Gasteiger partial charge >= 0.3 is 24.1 Å². The van der Waals surface area contributed by atoms with Gasteiger partial charge in [-0.1, -0.05) is 121 Å². The Bertz CT molecular complexity index is 2090. The highest BCUT2D eigenvalue weighted by Gasteiger charge is 2.30. The maximum absolute atomic E-state index is 13.6. The lowest BCUT2D eigenvalue weighted by Gasteiger charge is -2.25. The number of carbonyl (C=O) groups is 6. The number of aliphatic hydroxyl groups excluding tert-OH is 1. The van der Waals surface area contributed by atoms with E-state index in [9.17, 15) is 33.9 Å². The zero-order valence-electron chi connectivity index (χ0n) is 36.9. The first-order valence-corrected chi connectivity index (χ1v) is 22.2. The first kappa shape index (κ1) is 51.2. The number of nitrogens with one attached hydrogen (secondary N) is 4. The Kier molecular flexibility index (Phi) is 21.3. The molecule has 348 valence electrons. The largest absolute Gasteiger partial charge is 0.459 e. The third-order valence-electron chi connectivity index (χ3n) is 9.16. The lowest BCUT2D eigenvalue weighted by atomic mass is 10.1. The molecule has 4 aromatic carbocycles. The average Bonchev–Trinajstić information content (AvgIpc) is 3.29. The van der Waals surface area contributed by atoms with Gasteiger partial charge in [0.2, 0.25) is 11.8 Å². The Morgan fingerprint density at radius 3 is 1.52 bits per heavy atom. The summed E-state index contributed by atoms with van der Waals surface area (Å²) in [7, 11) is 0. The standard InChI is InChI=1S/C48H58N4O12S/c1-33(49-47(59)64-48(2,3)4)42(54)51-38(43(55)60-27-34-17-9-5-10-18-34)25-26-41(53)50-39(44(56)61-28-35-19-11-6-12-20-35)31-65-32-40(45(57)62-29-36-21-13-7-14-22-36)52-46(58)63-30-37-23-15-8-16-24-37/h5-24,33,38-40,45,57H,25-32H2,1-4H3,(H,49,59)(H,50,53)(H,51,54)(H,52,58)/t33-,38+,39+,40-,45?/m0/s1. The second-order valence-electron chi connectivity index (χ2n) is 15.8. The SMILES string of the molecule is C[C@H](NC(=O)OC(C)(C)C)C(=O)N[C@H](CCC(=O)N[C@H](CSC[C@H](NC(=O)OCc1ccccc1)C(O)OCc1ccccc1)C(=O)OCc1ccccc1)C(=O)OCc1ccccc1. The molecule has 65 heavy (non-hydrogen) atoms. The molecule has 0 spiro atoms. The molecule has 5 atom stereocenters. The van der Waals surface area contributed by atoms with Crippen molar-refractivity contribution in [3.63, 3.8) is 0 Å². The number of rotatable bonds is 24. The van der Waals surface area contributed by atoms with Gasteiger partial charge in [-0.3, -0.25) is 9.59 Å². The summed E-state index contributed by atoms with van der Waals surface area (Å²) in [6, 6.07) is 31.3. The van der Waals surface area contributed by atoms with Crippen LogP contribution in [0.3, 0.4) is 0 Å². The van der Waals surface area contributed by atoms with Gasteiger partial charge in [-0.25, -0.2) is 19.2 Å². The number of thioether (sulfide) groups is 1. The molecule has 16 nitrogen and oxygen atoms in total. The molecule has 0 saturated heterocycles. The summed E-state index contributed by atoms with van der Waals surface area (Å²) in [5, 5.41) is 21.4. The summed E-state index contributed by atoms with van der Waals surface area (Å²) in [6.45, 7) is 6.23. The van der Waals surface area contributed by atoms with Crippen LogP contribution in [0.2, 0.25) is 0 Å². The van der Waals surface area contributed by atoms with Crippen molar-refractivity contribution in [2.24, 2.45) is 0 Å². The molecule has 0 aliphatic rings. The summed E-state index contributed by atoms with van der Waals surface area (Å²) in [4.78, 5) is 79.1. The number of benzene rings is 4. The van der Waals surface area contributed by atoms with Gasteiger partial charge < -0.3 is 50.1 Å². The average molecular weight is 915 g/mol. The summed E-state index contributed by atoms with van der Waals surface area (Å²) >= 11 is 1.12. The van der Waals surface area contributed by atoms with Crippen molar-refractivity contribution in [2.45, 2.75) is 103 Å². The quantitative estimate of drug-likeness (QED) is 0.0324. The van der Waals surface area contributed by atoms with Gasteiger partial charge in [0.05, 0.1) is 12.6 Å². The molecule has 0 aliphatic heterocycles. The van der Waals surface area contributed by atoms with E-state index in [-0.39, 0.29) is 50.8 Å². The zero-order valence-corrected chi connectivity index (χ0v) is 37.8. The minimum atomic E-state index is -1.50. The highest BCUT2D eigenvalue weighted by molar-refractivity contribution is 7.99. The Labute approximate surface area is 383 Å². The molecule has 5 N–H and O–H groups in total. The van der Waals surface area contributed by atoms with Gasteiger partial charge in [0.25, 0.3) is 0 Å². The molecule has 4 aromatic rings. The van der Waals surface area contributed by atoms with Gasteiger partial charge in [-0.2, -0.15) is 11.8 Å². The Morgan fingerprint density at radius 1 is 0.569 bits per heavy atom. The number of aliphatic hydroxyl groups is 1. The summed E-state index contributed by atoms with van der Waals surface area (Å²) in [5.74, 6) is -3.06. The fourth-order valence-electron chi connectivity index (χ4n) is 5.76. The first-order chi connectivity index (χ1) is 31.1. The van der Waals surface area contributed by atoms with Crippen LogP contribution in [0.4, 0.5) is 9.59 Å². The molecule has 0 saturated carbocycles. The molecule has 0 bridgehead atoms. The van der Waals surface area contributed by atoms with Crippen molar-refractivity contribution in [3.05, 3.63) is 144 Å². The number of hydrogen-bond donors (Lipinski definition) is 5. The summed E-state index contributed by atoms with van der Waals surface area (Å²) < 4.78 is 27.5. The van der Waals surface area contributed by atoms with E-state index in [0.29, 0.717) is 11.1 Å². The van der Waals surface area contributed by atoms with E-state index < -0.39 is 72.0 Å². The Morgan fingerprint density at radius 2 is 1.03 bits per heavy atom. The van der Waals surface area contributed by atoms with Crippen molar-refractivity contribution in [1.82, 2.24) is 21.3 Å². The van der Waals surface area contributed by atoms with Crippen LogP contribution in [0.5, 0.6) is 0 Å². The number of ether oxygens (including phenoxy) is 5. The number of alkyl carbamates (subject to hydrolysis) is 2. The van der Waals surface area contributed by atoms with E-state index in [0.717, 1.165) is 22.9 Å². The van der Waals surface area contributed by atoms with E-state index in [1.807, 2.05) is 54.6 Å². The molecule has 1 unspecified atom stereocenters. The third kappa shape index (κ3) is 20.3. The molecule has 0 aromatic heterocycles. The molecular formula is C48H58N4O12S. The zero-order chi connectivity index (χ0) is 47.0. The maximum atomic E-state index is 13.6. The molecule has 0 fully saturated rings. The minimum absolute atomic E-state index is 0.00556. The van der Waals surface area contributed by atoms with Crippen molar-refractivity contribution < 1.29 is 57.6 Å². The molecule has 4 rings (SSSR count). The second-order valence-corrected chi connectivity index (χ2v) is 16.9. The van der Waals surface area contributed by atoms with Gasteiger partial charge in [-0.15, -0.1) is 0 Å². The van der Waals surface area contributed by atoms with Gasteiger partial charge in [0.1, 0.15) is 43.5 Å². The molecule has 4 amide bonds. The van der Waals surface area contributed by atoms with Crippen LogP contribution in [0, 0.1) is 0 Å². The van der Waals surface area contributed by atoms with Gasteiger partial charge in [0, 0.05) is 17.9 Å². The molecule has 17 heteroatoms. The molecule has 0 radical (unpaired) electrons. The number of amides is 4. The summed E-state index contributed by atoms with van der Waals surface area (Å²) in [5.41, 5.74) is 2.11. The van der Waals surface area contributed by atoms with Crippen LogP contribution in [0.1, 0.15) is 62.8 Å². The normalized spacial score (nSPS) is 13.4. The van der Waals surface area contributed by atoms with Crippen LogP contribution in [-0.4, -0.2) is 88.6 Å². The lowest BCUT2D eigenvalue weighted by molar-refractivity contribution is -0.150. The predicted octanol–water partition coefficient (Wildman–Crippen LogP) is 5.70. The smallest absolute Gasteiger partial charge is 0.408 e. The van der Waals surface area contributed by atoms with E-state index in [1.54, 1.807) is 87.5 Å². The number of hydrogen-bond acceptors (Lipinski definition) is 13. The van der Waals surface area contributed by atoms with E-state index in [1.165, 1.54) is 6.92 Å². The topological polar surface area (TPSA) is 217 Å². The predicted molar refractivity (Wildman–Crippen MR) is 243 cm³/mol. The number of esters is 2. The van der Waals surface area contributed by atoms with Crippen LogP contribution >= 0.6 is 11.8 Å². The second kappa shape index (κ2) is 27.0. The van der Waals surface area contributed by atoms with Crippen LogP contribution in [0.25, 0.3) is 0 Å². The molecular weight excluding hydrogens is 857 g/mol. The minimum Gasteiger partial charge on any atom is -0.459 e. The first-order valence-electron chi connectivity index (χ1n) is 21.0. The van der Waals surface area contributed by atoms with E-state index in [2.05, 4.69) is 21.3 Å². The van der Waals surface area contributed by atoms with Gasteiger partial charge in [-0.05, 0) is 56.4 Å². The summed E-state index contributed by atoms with van der Waals surface area (Å²) in [6.07, 6.45) is -3.75. The molecule has 0 aliphatic carbocycles. The van der Waals surface area contributed by atoms with Crippen LogP contribution in [0.15, 0.2) is 121 Å². The van der Waals surface area contributed by atoms with Gasteiger partial charge in [0.15, 0.2) is 6.29 Å². The van der Waals surface area contributed by atoms with Crippen molar-refractivity contribution in [2.75, 3.05) is 11.5 Å². The van der Waals surface area contributed by atoms with E-state index in [4.69, 9.17) is 23.7 Å². The Balaban J connectivity index is 1.44. The van der Waals surface area contributed by atoms with Crippen molar-refractivity contribution in [1.29, 1.82) is 0 Å². The molecule has 0 heterocycles. The number of carbonyl (C=O) groups excluding carboxylic acids is 6. The highest BCUT2D eigenvalue weighted by Crippen LogP contribution is 2.15. The van der Waals surface area contributed by atoms with E-state index >= 15 is 0 Å². The third-order valence-corrected chi connectivity index (χ3v) is 10.3. The van der Waals surface area contributed by atoms with Crippen molar-refractivity contribution in [3.8, 4) is 0 Å². The lowest BCUT2D eigenvalue weighted by Crippen LogP contribution is -2.51. The fraction of sp³-hybridized carbons (Fsp3) is 0.375. The van der Waals surface area contributed by atoms with Crippen molar-refractivity contribution >= 4 is 47.7 Å². The monoisotopic (exact) mass is 914 g/mol. The van der Waals surface area contributed by atoms with Crippen LogP contribution < -0.4 is 21.3 Å². The maximum Gasteiger partial charge on any atom is 0.408 e.